The second-order valence-corrected chi connectivity index (χ2v) is 8.77. The predicted molar refractivity (Wildman–Crippen MR) is 127 cm³/mol. The molecular formula is C25H48N2O4. The van der Waals surface area contributed by atoms with Crippen molar-refractivity contribution >= 4 is 5.91 Å². The number of hydrogen-bond acceptors (Lipinski definition) is 5. The lowest BCUT2D eigenvalue weighted by Crippen LogP contribution is -2.66. The van der Waals surface area contributed by atoms with Crippen molar-refractivity contribution in [1.29, 1.82) is 0 Å². The average Bonchev–Trinajstić information content (AvgIpc) is 2.75. The van der Waals surface area contributed by atoms with Crippen LogP contribution in [-0.2, 0) is 19.0 Å². The Morgan fingerprint density at radius 3 is 2.10 bits per heavy atom. The molecule has 0 spiro atoms. The molecule has 0 radical (unpaired) electrons. The fraction of sp³-hybridized carbons (Fsp3) is 0.880. The van der Waals surface area contributed by atoms with Gasteiger partial charge in [-0.05, 0) is 25.7 Å². The van der Waals surface area contributed by atoms with Crippen LogP contribution < -0.4 is 10.6 Å². The smallest absolute Gasteiger partial charge is 0.223 e. The molecule has 1 rings (SSSR count). The molecule has 3 unspecified atom stereocenters. The maximum absolute atomic E-state index is 12.6. The minimum absolute atomic E-state index is 0.00894. The SMILES string of the molecule is CC/C=C1/NC(COCCCC)[C@@H](OCCCC)C(OCCCC)C1NC(=O)C(C)C. The van der Waals surface area contributed by atoms with Crippen LogP contribution in [0.1, 0.15) is 86.5 Å². The molecule has 1 saturated heterocycles. The normalized spacial score (nSPS) is 25.1. The molecule has 2 N–H and O–H groups in total. The van der Waals surface area contributed by atoms with Gasteiger partial charge in [0.25, 0.3) is 0 Å². The summed E-state index contributed by atoms with van der Waals surface area (Å²) in [5.74, 6) is -0.0587. The van der Waals surface area contributed by atoms with Gasteiger partial charge in [0, 0.05) is 31.4 Å². The van der Waals surface area contributed by atoms with E-state index in [4.69, 9.17) is 14.2 Å². The summed E-state index contributed by atoms with van der Waals surface area (Å²) in [6.07, 6.45) is 8.90. The first-order valence-corrected chi connectivity index (χ1v) is 12.6. The second kappa shape index (κ2) is 16.5. The molecule has 0 aromatic heterocycles. The summed E-state index contributed by atoms with van der Waals surface area (Å²) in [7, 11) is 0. The van der Waals surface area contributed by atoms with Crippen molar-refractivity contribution in [3.05, 3.63) is 11.8 Å². The van der Waals surface area contributed by atoms with E-state index in [2.05, 4.69) is 44.4 Å². The van der Waals surface area contributed by atoms with E-state index in [0.717, 1.165) is 57.2 Å². The highest BCUT2D eigenvalue weighted by Gasteiger charge is 2.44. The number of ether oxygens (including phenoxy) is 3. The van der Waals surface area contributed by atoms with Crippen molar-refractivity contribution in [3.63, 3.8) is 0 Å². The van der Waals surface area contributed by atoms with Crippen LogP contribution in [0.4, 0.5) is 0 Å². The van der Waals surface area contributed by atoms with Gasteiger partial charge in [0.1, 0.15) is 12.2 Å². The number of piperidine rings is 1. The Labute approximate surface area is 190 Å². The Morgan fingerprint density at radius 1 is 0.968 bits per heavy atom. The number of carbonyl (C=O) groups excluding carboxylic acids is 1. The second-order valence-electron chi connectivity index (χ2n) is 8.77. The van der Waals surface area contributed by atoms with Gasteiger partial charge in [-0.1, -0.05) is 66.9 Å². The lowest BCUT2D eigenvalue weighted by molar-refractivity contribution is -0.134. The summed E-state index contributed by atoms with van der Waals surface area (Å²) in [5.41, 5.74) is 1.01. The predicted octanol–water partition coefficient (Wildman–Crippen LogP) is 4.58. The van der Waals surface area contributed by atoms with Crippen molar-refractivity contribution in [3.8, 4) is 0 Å². The summed E-state index contributed by atoms with van der Waals surface area (Å²) < 4.78 is 18.8. The largest absolute Gasteiger partial charge is 0.379 e. The molecule has 1 aliphatic heterocycles. The third-order valence-electron chi connectivity index (χ3n) is 5.54. The molecule has 0 aliphatic carbocycles. The first kappa shape index (κ1) is 27.9. The van der Waals surface area contributed by atoms with Gasteiger partial charge < -0.3 is 24.8 Å². The fourth-order valence-corrected chi connectivity index (χ4v) is 3.59. The van der Waals surface area contributed by atoms with Crippen LogP contribution in [0.15, 0.2) is 11.8 Å². The van der Waals surface area contributed by atoms with E-state index in [-0.39, 0.29) is 36.1 Å². The Bertz CT molecular complexity index is 510. The number of unbranched alkanes of at least 4 members (excludes halogenated alkanes) is 3. The summed E-state index contributed by atoms with van der Waals surface area (Å²) in [4.78, 5) is 12.6. The topological polar surface area (TPSA) is 68.8 Å². The van der Waals surface area contributed by atoms with E-state index < -0.39 is 0 Å². The van der Waals surface area contributed by atoms with Crippen molar-refractivity contribution in [2.75, 3.05) is 26.4 Å². The van der Waals surface area contributed by atoms with Gasteiger partial charge in [-0.25, -0.2) is 0 Å². The van der Waals surface area contributed by atoms with Crippen LogP contribution in [-0.4, -0.2) is 56.6 Å². The molecule has 182 valence electrons. The quantitative estimate of drug-likeness (QED) is 0.344. The van der Waals surface area contributed by atoms with Crippen LogP contribution in [0.2, 0.25) is 0 Å². The summed E-state index contributed by atoms with van der Waals surface area (Å²) in [6.45, 7) is 15.1. The maximum Gasteiger partial charge on any atom is 0.223 e. The number of carbonyl (C=O) groups is 1. The minimum Gasteiger partial charge on any atom is -0.379 e. The van der Waals surface area contributed by atoms with E-state index in [9.17, 15) is 4.79 Å². The van der Waals surface area contributed by atoms with E-state index >= 15 is 0 Å². The molecule has 31 heavy (non-hydrogen) atoms. The number of allylic oxidation sites excluding steroid dienone is 1. The molecule has 1 aliphatic rings. The molecular weight excluding hydrogens is 392 g/mol. The van der Waals surface area contributed by atoms with Crippen LogP contribution in [0.3, 0.4) is 0 Å². The summed E-state index contributed by atoms with van der Waals surface area (Å²) >= 11 is 0. The molecule has 6 nitrogen and oxygen atoms in total. The highest BCUT2D eigenvalue weighted by Crippen LogP contribution is 2.26. The van der Waals surface area contributed by atoms with Gasteiger partial charge >= 0.3 is 0 Å². The zero-order valence-corrected chi connectivity index (χ0v) is 20.9. The Balaban J connectivity index is 3.15. The molecule has 0 aromatic carbocycles. The van der Waals surface area contributed by atoms with Gasteiger partial charge in [0.2, 0.25) is 5.91 Å². The van der Waals surface area contributed by atoms with E-state index in [1.54, 1.807) is 0 Å². The van der Waals surface area contributed by atoms with Crippen molar-refractivity contribution in [2.45, 2.75) is 111 Å². The standard InChI is InChI=1S/C25H48N2O4/c1-7-11-15-29-18-21-23(30-16-12-8-2)24(31-17-13-9-3)22(20(26-21)14-10-4)27-25(28)19(5)6/h14,19,21-24,26H,7-13,15-18H2,1-6H3,(H,27,28)/b20-14+/t21?,22?,23-,24?/m1/s1. The molecule has 4 atom stereocenters. The fourth-order valence-electron chi connectivity index (χ4n) is 3.59. The van der Waals surface area contributed by atoms with E-state index in [1.807, 2.05) is 13.8 Å². The van der Waals surface area contributed by atoms with Crippen molar-refractivity contribution in [2.24, 2.45) is 5.92 Å². The molecule has 1 amide bonds. The lowest BCUT2D eigenvalue weighted by atomic mass is 9.90. The average molecular weight is 441 g/mol. The highest BCUT2D eigenvalue weighted by atomic mass is 16.5. The number of amides is 1. The molecule has 1 fully saturated rings. The summed E-state index contributed by atoms with van der Waals surface area (Å²) in [5, 5.41) is 6.87. The number of hydrogen-bond donors (Lipinski definition) is 2. The zero-order chi connectivity index (χ0) is 23.1. The van der Waals surface area contributed by atoms with Crippen LogP contribution >= 0.6 is 0 Å². The zero-order valence-electron chi connectivity index (χ0n) is 20.9. The molecule has 0 saturated carbocycles. The van der Waals surface area contributed by atoms with Gasteiger partial charge in [-0.15, -0.1) is 0 Å². The van der Waals surface area contributed by atoms with E-state index in [0.29, 0.717) is 19.8 Å². The van der Waals surface area contributed by atoms with Crippen molar-refractivity contribution in [1.82, 2.24) is 10.6 Å². The molecule has 0 bridgehead atoms. The van der Waals surface area contributed by atoms with Gasteiger partial charge in [0.15, 0.2) is 0 Å². The highest BCUT2D eigenvalue weighted by molar-refractivity contribution is 5.78. The third-order valence-corrected chi connectivity index (χ3v) is 5.54. The third kappa shape index (κ3) is 9.92. The summed E-state index contributed by atoms with van der Waals surface area (Å²) in [6, 6.07) is -0.254. The minimum atomic E-state index is -0.245. The monoisotopic (exact) mass is 440 g/mol. The molecule has 6 heteroatoms. The van der Waals surface area contributed by atoms with Crippen LogP contribution in [0.5, 0.6) is 0 Å². The Morgan fingerprint density at radius 2 is 1.55 bits per heavy atom. The number of rotatable bonds is 16. The maximum atomic E-state index is 12.6. The first-order chi connectivity index (χ1) is 15.0. The molecule has 1 heterocycles. The van der Waals surface area contributed by atoms with Crippen LogP contribution in [0, 0.1) is 5.92 Å². The van der Waals surface area contributed by atoms with Gasteiger partial charge in [0.05, 0.1) is 18.7 Å². The lowest BCUT2D eigenvalue weighted by Gasteiger charge is -2.45. The van der Waals surface area contributed by atoms with Gasteiger partial charge in [-0.3, -0.25) is 4.79 Å². The van der Waals surface area contributed by atoms with Gasteiger partial charge in [-0.2, -0.15) is 0 Å². The molecule has 0 aromatic rings. The number of nitrogens with one attached hydrogen (secondary N) is 2. The first-order valence-electron chi connectivity index (χ1n) is 12.6. The Kier molecular flexibility index (Phi) is 14.9. The van der Waals surface area contributed by atoms with Crippen molar-refractivity contribution < 1.29 is 19.0 Å². The van der Waals surface area contributed by atoms with Crippen LogP contribution in [0.25, 0.3) is 0 Å². The van der Waals surface area contributed by atoms with E-state index in [1.165, 1.54) is 0 Å². The Hall–Kier alpha value is -1.11.